The Morgan fingerprint density at radius 1 is 0.778 bits per heavy atom. The quantitative estimate of drug-likeness (QED) is 0.721. The van der Waals surface area contributed by atoms with Gasteiger partial charge in [-0.25, -0.2) is 0 Å². The van der Waals surface area contributed by atoms with Gasteiger partial charge in [-0.3, -0.25) is 9.59 Å². The van der Waals surface area contributed by atoms with Crippen molar-refractivity contribution in [3.63, 3.8) is 0 Å². The zero-order chi connectivity index (χ0) is 19.2. The predicted molar refractivity (Wildman–Crippen MR) is 108 cm³/mol. The first kappa shape index (κ1) is 18.4. The van der Waals surface area contributed by atoms with Gasteiger partial charge < -0.3 is 10.6 Å². The van der Waals surface area contributed by atoms with Gasteiger partial charge in [-0.05, 0) is 35.7 Å². The maximum Gasteiger partial charge on any atom is 0.251 e. The van der Waals surface area contributed by atoms with Crippen LogP contribution < -0.4 is 10.6 Å². The minimum absolute atomic E-state index is 0.135. The molecule has 136 valence electrons. The second kappa shape index (κ2) is 8.32. The highest BCUT2D eigenvalue weighted by atomic mass is 16.2. The van der Waals surface area contributed by atoms with Gasteiger partial charge in [-0.2, -0.15) is 0 Å². The average Bonchev–Trinajstić information content (AvgIpc) is 2.71. The fourth-order valence-electron chi connectivity index (χ4n) is 3.14. The van der Waals surface area contributed by atoms with Crippen LogP contribution in [0.25, 0.3) is 0 Å². The minimum Gasteiger partial charge on any atom is -0.355 e. The molecule has 0 saturated carbocycles. The van der Waals surface area contributed by atoms with Crippen LogP contribution in [0.1, 0.15) is 33.0 Å². The predicted octanol–water partition coefficient (Wildman–Crippen LogP) is 4.13. The summed E-state index contributed by atoms with van der Waals surface area (Å²) < 4.78 is 0. The van der Waals surface area contributed by atoms with E-state index in [1.54, 1.807) is 19.2 Å². The van der Waals surface area contributed by atoms with E-state index in [2.05, 4.69) is 10.6 Å². The Bertz CT molecular complexity index is 898. The van der Waals surface area contributed by atoms with E-state index in [4.69, 9.17) is 0 Å². The molecule has 0 heterocycles. The van der Waals surface area contributed by atoms with Crippen LogP contribution in [-0.4, -0.2) is 18.9 Å². The number of nitrogens with one attached hydrogen (secondary N) is 2. The number of carbonyl (C=O) groups excluding carboxylic acids is 2. The van der Waals surface area contributed by atoms with Crippen LogP contribution in [0.2, 0.25) is 0 Å². The Morgan fingerprint density at radius 2 is 1.33 bits per heavy atom. The SMILES string of the molecule is CNC(=O)c1cccc(NC(=O)C(c2ccccc2)c2ccccc2)c1C. The maximum absolute atomic E-state index is 13.2. The highest BCUT2D eigenvalue weighted by Gasteiger charge is 2.23. The van der Waals surface area contributed by atoms with Gasteiger partial charge in [0.25, 0.3) is 5.91 Å². The number of anilines is 1. The number of carbonyl (C=O) groups is 2. The van der Waals surface area contributed by atoms with E-state index in [1.807, 2.05) is 73.7 Å². The molecule has 0 fully saturated rings. The van der Waals surface area contributed by atoms with E-state index in [0.29, 0.717) is 11.3 Å². The zero-order valence-corrected chi connectivity index (χ0v) is 15.4. The Morgan fingerprint density at radius 3 is 1.85 bits per heavy atom. The molecule has 0 aromatic heterocycles. The van der Waals surface area contributed by atoms with Crippen LogP contribution in [-0.2, 0) is 4.79 Å². The fraction of sp³-hybridized carbons (Fsp3) is 0.130. The van der Waals surface area contributed by atoms with Crippen LogP contribution >= 0.6 is 0 Å². The molecular formula is C23H22N2O2. The number of hydrogen-bond donors (Lipinski definition) is 2. The highest BCUT2D eigenvalue weighted by molar-refractivity contribution is 6.01. The van der Waals surface area contributed by atoms with Crippen molar-refractivity contribution in [2.75, 3.05) is 12.4 Å². The molecule has 3 aromatic rings. The van der Waals surface area contributed by atoms with Gasteiger partial charge in [0, 0.05) is 18.3 Å². The molecule has 0 aliphatic rings. The molecular weight excluding hydrogens is 336 g/mol. The van der Waals surface area contributed by atoms with Crippen molar-refractivity contribution in [2.45, 2.75) is 12.8 Å². The number of amides is 2. The van der Waals surface area contributed by atoms with Crippen molar-refractivity contribution in [1.29, 1.82) is 0 Å². The van der Waals surface area contributed by atoms with Crippen LogP contribution in [0.5, 0.6) is 0 Å². The van der Waals surface area contributed by atoms with Crippen LogP contribution in [0.4, 0.5) is 5.69 Å². The summed E-state index contributed by atoms with van der Waals surface area (Å²) in [4.78, 5) is 25.2. The number of rotatable bonds is 5. The first-order valence-corrected chi connectivity index (χ1v) is 8.84. The van der Waals surface area contributed by atoms with E-state index in [-0.39, 0.29) is 11.8 Å². The summed E-state index contributed by atoms with van der Waals surface area (Å²) in [5.41, 5.74) is 3.76. The second-order valence-corrected chi connectivity index (χ2v) is 6.30. The molecule has 0 saturated heterocycles. The molecule has 0 unspecified atom stereocenters. The molecule has 3 rings (SSSR count). The van der Waals surface area contributed by atoms with Crippen LogP contribution in [0, 0.1) is 6.92 Å². The third kappa shape index (κ3) is 4.06. The largest absolute Gasteiger partial charge is 0.355 e. The van der Waals surface area contributed by atoms with Crippen molar-refractivity contribution in [1.82, 2.24) is 5.32 Å². The lowest BCUT2D eigenvalue weighted by molar-refractivity contribution is -0.116. The highest BCUT2D eigenvalue weighted by Crippen LogP contribution is 2.27. The Labute approximate surface area is 159 Å². The van der Waals surface area contributed by atoms with E-state index in [9.17, 15) is 9.59 Å². The molecule has 0 radical (unpaired) electrons. The molecule has 0 spiro atoms. The molecule has 0 aliphatic carbocycles. The Hall–Kier alpha value is -3.40. The first-order valence-electron chi connectivity index (χ1n) is 8.84. The van der Waals surface area contributed by atoms with Gasteiger partial charge >= 0.3 is 0 Å². The minimum atomic E-state index is -0.435. The molecule has 4 heteroatoms. The van der Waals surface area contributed by atoms with E-state index in [1.165, 1.54) is 0 Å². The molecule has 2 N–H and O–H groups in total. The lowest BCUT2D eigenvalue weighted by Crippen LogP contribution is -2.24. The van der Waals surface area contributed by atoms with Gasteiger partial charge in [0.2, 0.25) is 5.91 Å². The van der Waals surface area contributed by atoms with Gasteiger partial charge in [-0.15, -0.1) is 0 Å². The van der Waals surface area contributed by atoms with Gasteiger partial charge in [0.1, 0.15) is 0 Å². The standard InChI is InChI=1S/C23H22N2O2/c1-16-19(22(26)24-2)14-9-15-20(16)25-23(27)21(17-10-5-3-6-11-17)18-12-7-4-8-13-18/h3-15,21H,1-2H3,(H,24,26)(H,25,27). The van der Waals surface area contributed by atoms with Crippen LogP contribution in [0.3, 0.4) is 0 Å². The summed E-state index contributed by atoms with van der Waals surface area (Å²) in [5, 5.41) is 5.63. The van der Waals surface area contributed by atoms with Crippen molar-refractivity contribution in [2.24, 2.45) is 0 Å². The summed E-state index contributed by atoms with van der Waals surface area (Å²) in [6.07, 6.45) is 0. The second-order valence-electron chi connectivity index (χ2n) is 6.30. The normalized spacial score (nSPS) is 10.5. The van der Waals surface area contributed by atoms with E-state index < -0.39 is 5.92 Å². The summed E-state index contributed by atoms with van der Waals surface area (Å²) in [7, 11) is 1.59. The number of hydrogen-bond acceptors (Lipinski definition) is 2. The molecule has 4 nitrogen and oxygen atoms in total. The van der Waals surface area contributed by atoms with Crippen molar-refractivity contribution in [3.05, 3.63) is 101 Å². The van der Waals surface area contributed by atoms with E-state index >= 15 is 0 Å². The summed E-state index contributed by atoms with van der Waals surface area (Å²) in [6.45, 7) is 1.83. The monoisotopic (exact) mass is 358 g/mol. The molecule has 3 aromatic carbocycles. The van der Waals surface area contributed by atoms with Gasteiger partial charge in [0.15, 0.2) is 0 Å². The third-order valence-electron chi connectivity index (χ3n) is 4.59. The number of benzene rings is 3. The molecule has 0 aliphatic heterocycles. The van der Waals surface area contributed by atoms with Crippen molar-refractivity contribution >= 4 is 17.5 Å². The molecule has 2 amide bonds. The smallest absolute Gasteiger partial charge is 0.251 e. The summed E-state index contributed by atoms with van der Waals surface area (Å²) >= 11 is 0. The summed E-state index contributed by atoms with van der Waals surface area (Å²) in [5.74, 6) is -0.744. The maximum atomic E-state index is 13.2. The van der Waals surface area contributed by atoms with Gasteiger partial charge in [-0.1, -0.05) is 66.7 Å². The molecule has 0 bridgehead atoms. The molecule has 27 heavy (non-hydrogen) atoms. The van der Waals surface area contributed by atoms with Gasteiger partial charge in [0.05, 0.1) is 5.92 Å². The fourth-order valence-corrected chi connectivity index (χ4v) is 3.14. The van der Waals surface area contributed by atoms with Crippen molar-refractivity contribution < 1.29 is 9.59 Å². The Kier molecular flexibility index (Phi) is 5.67. The lowest BCUT2D eigenvalue weighted by atomic mass is 9.90. The van der Waals surface area contributed by atoms with Crippen LogP contribution in [0.15, 0.2) is 78.9 Å². The average molecular weight is 358 g/mol. The van der Waals surface area contributed by atoms with Crippen molar-refractivity contribution in [3.8, 4) is 0 Å². The zero-order valence-electron chi connectivity index (χ0n) is 15.4. The Balaban J connectivity index is 1.96. The van der Waals surface area contributed by atoms with E-state index in [0.717, 1.165) is 16.7 Å². The third-order valence-corrected chi connectivity index (χ3v) is 4.59. The lowest BCUT2D eigenvalue weighted by Gasteiger charge is -2.19. The molecule has 0 atom stereocenters. The first-order chi connectivity index (χ1) is 13.1. The summed E-state index contributed by atoms with van der Waals surface area (Å²) in [6, 6.07) is 24.7. The topological polar surface area (TPSA) is 58.2 Å².